The van der Waals surface area contributed by atoms with Gasteiger partial charge in [-0.1, -0.05) is 0 Å². The van der Waals surface area contributed by atoms with Crippen LogP contribution in [0.2, 0.25) is 0 Å². The van der Waals surface area contributed by atoms with Gasteiger partial charge in [0, 0.05) is 12.3 Å². The fourth-order valence-corrected chi connectivity index (χ4v) is 2.22. The number of aromatic nitrogens is 1. The molecular formula is C13H14F3NO3. The molecule has 0 unspecified atom stereocenters. The average Bonchev–Trinajstić information content (AvgIpc) is 2.39. The van der Waals surface area contributed by atoms with E-state index < -0.39 is 17.7 Å². The first-order valence-corrected chi connectivity index (χ1v) is 6.29. The first-order chi connectivity index (χ1) is 9.36. The smallest absolute Gasteiger partial charge is 0.417 e. The highest BCUT2D eigenvalue weighted by Crippen LogP contribution is 2.30. The summed E-state index contributed by atoms with van der Waals surface area (Å²) in [4.78, 5) is 14.4. The maximum Gasteiger partial charge on any atom is 0.417 e. The number of carbonyl (C=O) groups is 1. The van der Waals surface area contributed by atoms with E-state index in [-0.39, 0.29) is 17.9 Å². The standard InChI is InChI=1S/C13H14F3NO3/c14-13(15,16)9-3-6-11(17-7-9)20-10-4-1-8(2-5-10)12(18)19/h3,6-8,10H,1-2,4-5H2,(H,18,19). The second-order valence-corrected chi connectivity index (χ2v) is 4.81. The van der Waals surface area contributed by atoms with E-state index in [1.807, 2.05) is 0 Å². The van der Waals surface area contributed by atoms with Crippen LogP contribution in [-0.4, -0.2) is 22.2 Å². The number of hydrogen-bond donors (Lipinski definition) is 1. The van der Waals surface area contributed by atoms with Crippen molar-refractivity contribution in [3.05, 3.63) is 23.9 Å². The molecule has 110 valence electrons. The quantitative estimate of drug-likeness (QED) is 0.928. The Morgan fingerprint density at radius 1 is 1.25 bits per heavy atom. The van der Waals surface area contributed by atoms with Crippen LogP contribution in [0.1, 0.15) is 31.2 Å². The van der Waals surface area contributed by atoms with Gasteiger partial charge < -0.3 is 9.84 Å². The molecule has 1 saturated carbocycles. The Labute approximate surface area is 113 Å². The van der Waals surface area contributed by atoms with E-state index in [0.29, 0.717) is 25.7 Å². The molecule has 0 aromatic carbocycles. The van der Waals surface area contributed by atoms with Crippen molar-refractivity contribution in [3.63, 3.8) is 0 Å². The number of pyridine rings is 1. The maximum atomic E-state index is 12.4. The van der Waals surface area contributed by atoms with E-state index in [9.17, 15) is 18.0 Å². The van der Waals surface area contributed by atoms with E-state index in [1.165, 1.54) is 6.07 Å². The number of carboxylic acids is 1. The summed E-state index contributed by atoms with van der Waals surface area (Å²) in [6.07, 6.45) is -1.70. The minimum absolute atomic E-state index is 0.136. The van der Waals surface area contributed by atoms with E-state index in [4.69, 9.17) is 9.84 Å². The molecule has 0 amide bonds. The molecule has 1 aromatic rings. The number of hydrogen-bond acceptors (Lipinski definition) is 3. The molecule has 1 aliphatic carbocycles. The zero-order chi connectivity index (χ0) is 14.8. The number of ether oxygens (including phenoxy) is 1. The zero-order valence-corrected chi connectivity index (χ0v) is 10.6. The zero-order valence-electron chi connectivity index (χ0n) is 10.6. The lowest BCUT2D eigenvalue weighted by atomic mass is 9.87. The molecule has 1 aromatic heterocycles. The van der Waals surface area contributed by atoms with E-state index in [1.54, 1.807) is 0 Å². The summed E-state index contributed by atoms with van der Waals surface area (Å²) in [5.41, 5.74) is -0.820. The normalized spacial score (nSPS) is 23.4. The van der Waals surface area contributed by atoms with Crippen LogP contribution < -0.4 is 4.74 Å². The number of alkyl halides is 3. The third-order valence-electron chi connectivity index (χ3n) is 3.37. The molecule has 0 aliphatic heterocycles. The van der Waals surface area contributed by atoms with Gasteiger partial charge in [0.15, 0.2) is 0 Å². The molecule has 0 bridgehead atoms. The Morgan fingerprint density at radius 2 is 1.90 bits per heavy atom. The van der Waals surface area contributed by atoms with Gasteiger partial charge >= 0.3 is 12.1 Å². The molecule has 0 saturated heterocycles. The van der Waals surface area contributed by atoms with Crippen molar-refractivity contribution in [2.24, 2.45) is 5.92 Å². The molecule has 7 heteroatoms. The van der Waals surface area contributed by atoms with Crippen LogP contribution in [0.4, 0.5) is 13.2 Å². The van der Waals surface area contributed by atoms with Crippen molar-refractivity contribution in [2.45, 2.75) is 38.0 Å². The van der Waals surface area contributed by atoms with Crippen molar-refractivity contribution in [2.75, 3.05) is 0 Å². The second-order valence-electron chi connectivity index (χ2n) is 4.81. The molecule has 0 radical (unpaired) electrons. The summed E-state index contributed by atoms with van der Waals surface area (Å²) < 4.78 is 42.6. The van der Waals surface area contributed by atoms with Crippen LogP contribution in [0, 0.1) is 5.92 Å². The van der Waals surface area contributed by atoms with Crippen LogP contribution in [0.15, 0.2) is 18.3 Å². The summed E-state index contributed by atoms with van der Waals surface area (Å²) in [5.74, 6) is -1.02. The third-order valence-corrected chi connectivity index (χ3v) is 3.37. The highest BCUT2D eigenvalue weighted by Gasteiger charge is 2.31. The molecule has 0 spiro atoms. The molecule has 2 rings (SSSR count). The Morgan fingerprint density at radius 3 is 2.35 bits per heavy atom. The topological polar surface area (TPSA) is 59.4 Å². The van der Waals surface area contributed by atoms with Crippen LogP contribution in [0.3, 0.4) is 0 Å². The van der Waals surface area contributed by atoms with Gasteiger partial charge in [-0.3, -0.25) is 4.79 Å². The molecule has 4 nitrogen and oxygen atoms in total. The number of rotatable bonds is 3. The molecule has 0 atom stereocenters. The predicted octanol–water partition coefficient (Wildman–Crippen LogP) is 3.12. The maximum absolute atomic E-state index is 12.4. The Hall–Kier alpha value is -1.79. The molecular weight excluding hydrogens is 275 g/mol. The first-order valence-electron chi connectivity index (χ1n) is 6.29. The van der Waals surface area contributed by atoms with Crippen molar-refractivity contribution >= 4 is 5.97 Å². The van der Waals surface area contributed by atoms with Gasteiger partial charge in [-0.2, -0.15) is 13.2 Å². The number of halogens is 3. The molecule has 1 fully saturated rings. The van der Waals surface area contributed by atoms with Crippen LogP contribution >= 0.6 is 0 Å². The largest absolute Gasteiger partial charge is 0.481 e. The summed E-state index contributed by atoms with van der Waals surface area (Å²) >= 11 is 0. The summed E-state index contributed by atoms with van der Waals surface area (Å²) in [6.45, 7) is 0. The van der Waals surface area contributed by atoms with E-state index in [0.717, 1.165) is 12.3 Å². The Bertz CT molecular complexity index is 465. The average molecular weight is 289 g/mol. The predicted molar refractivity (Wildman–Crippen MR) is 63.2 cm³/mol. The van der Waals surface area contributed by atoms with Crippen molar-refractivity contribution in [1.82, 2.24) is 4.98 Å². The van der Waals surface area contributed by atoms with Gasteiger partial charge in [0.1, 0.15) is 6.10 Å². The van der Waals surface area contributed by atoms with Gasteiger partial charge in [0.25, 0.3) is 0 Å². The first kappa shape index (κ1) is 14.6. The second kappa shape index (κ2) is 5.68. The lowest BCUT2D eigenvalue weighted by molar-refractivity contribution is -0.143. The molecule has 20 heavy (non-hydrogen) atoms. The van der Waals surface area contributed by atoms with E-state index >= 15 is 0 Å². The lowest BCUT2D eigenvalue weighted by Gasteiger charge is -2.26. The summed E-state index contributed by atoms with van der Waals surface area (Å²) in [7, 11) is 0. The molecule has 1 aliphatic rings. The van der Waals surface area contributed by atoms with Crippen molar-refractivity contribution in [3.8, 4) is 5.88 Å². The van der Waals surface area contributed by atoms with Gasteiger partial charge in [0.05, 0.1) is 11.5 Å². The molecule has 1 N–H and O–H groups in total. The minimum Gasteiger partial charge on any atom is -0.481 e. The number of carboxylic acid groups (broad SMARTS) is 1. The SMILES string of the molecule is O=C(O)C1CCC(Oc2ccc(C(F)(F)F)cn2)CC1. The van der Waals surface area contributed by atoms with Crippen LogP contribution in [0.5, 0.6) is 5.88 Å². The Kier molecular flexibility index (Phi) is 4.15. The van der Waals surface area contributed by atoms with Crippen molar-refractivity contribution in [1.29, 1.82) is 0 Å². The minimum atomic E-state index is -4.41. The van der Waals surface area contributed by atoms with E-state index in [2.05, 4.69) is 4.98 Å². The third kappa shape index (κ3) is 3.61. The Balaban J connectivity index is 1.90. The highest BCUT2D eigenvalue weighted by atomic mass is 19.4. The fraction of sp³-hybridized carbons (Fsp3) is 0.538. The number of nitrogens with zero attached hydrogens (tertiary/aromatic N) is 1. The van der Waals surface area contributed by atoms with Gasteiger partial charge in [-0.25, -0.2) is 4.98 Å². The van der Waals surface area contributed by atoms with Crippen LogP contribution in [0.25, 0.3) is 0 Å². The van der Waals surface area contributed by atoms with Crippen LogP contribution in [-0.2, 0) is 11.0 Å². The van der Waals surface area contributed by atoms with Gasteiger partial charge in [-0.05, 0) is 31.7 Å². The monoisotopic (exact) mass is 289 g/mol. The highest BCUT2D eigenvalue weighted by molar-refractivity contribution is 5.70. The van der Waals surface area contributed by atoms with Gasteiger partial charge in [-0.15, -0.1) is 0 Å². The summed E-state index contributed by atoms with van der Waals surface area (Å²) in [5, 5.41) is 8.86. The summed E-state index contributed by atoms with van der Waals surface area (Å²) in [6, 6.07) is 2.11. The number of aliphatic carboxylic acids is 1. The van der Waals surface area contributed by atoms with Crippen molar-refractivity contribution < 1.29 is 27.8 Å². The van der Waals surface area contributed by atoms with Gasteiger partial charge in [0.2, 0.25) is 5.88 Å². The molecule has 1 heterocycles. The lowest BCUT2D eigenvalue weighted by Crippen LogP contribution is -2.28. The fourth-order valence-electron chi connectivity index (χ4n) is 2.22.